The minimum absolute atomic E-state index is 0.0588. The van der Waals surface area contributed by atoms with Crippen LogP contribution in [-0.2, 0) is 16.1 Å². The van der Waals surface area contributed by atoms with Crippen LogP contribution in [0.25, 0.3) is 11.0 Å². The molecule has 196 valence electrons. The van der Waals surface area contributed by atoms with Crippen LogP contribution in [-0.4, -0.2) is 58.5 Å². The second-order valence-electron chi connectivity index (χ2n) is 9.77. The summed E-state index contributed by atoms with van der Waals surface area (Å²) in [5.41, 5.74) is 0.283. The Morgan fingerprint density at radius 2 is 1.84 bits per heavy atom. The summed E-state index contributed by atoms with van der Waals surface area (Å²) >= 11 is 6.36. The molecule has 1 aliphatic rings. The largest absolute Gasteiger partial charge is 0.444 e. The molecule has 3 aromatic rings. The van der Waals surface area contributed by atoms with E-state index in [-0.39, 0.29) is 17.7 Å². The van der Waals surface area contributed by atoms with E-state index in [9.17, 15) is 19.2 Å². The molecule has 11 nitrogen and oxygen atoms in total. The number of anilines is 2. The molecule has 1 N–H and O–H groups in total. The van der Waals surface area contributed by atoms with E-state index >= 15 is 0 Å². The van der Waals surface area contributed by atoms with Crippen molar-refractivity contribution in [3.63, 3.8) is 0 Å². The quantitative estimate of drug-likeness (QED) is 0.511. The minimum Gasteiger partial charge on any atom is -0.444 e. The predicted octanol–water partition coefficient (Wildman–Crippen LogP) is 3.01. The van der Waals surface area contributed by atoms with Gasteiger partial charge in [-0.15, -0.1) is 0 Å². The molecule has 1 aliphatic heterocycles. The van der Waals surface area contributed by atoms with Crippen LogP contribution in [0.1, 0.15) is 26.3 Å². The normalized spacial score (nSPS) is 14.1. The lowest BCUT2D eigenvalue weighted by Crippen LogP contribution is -2.50. The Morgan fingerprint density at radius 1 is 1.14 bits per heavy atom. The molecule has 0 unspecified atom stereocenters. The number of fused-ring (bicyclic) bond motifs is 1. The second-order valence-corrected chi connectivity index (χ2v) is 10.1. The zero-order valence-corrected chi connectivity index (χ0v) is 21.8. The van der Waals surface area contributed by atoms with Crippen molar-refractivity contribution < 1.29 is 18.7 Å². The molecule has 2 aromatic heterocycles. The van der Waals surface area contributed by atoms with E-state index in [0.29, 0.717) is 43.1 Å². The third-order valence-corrected chi connectivity index (χ3v) is 6.12. The Hall–Kier alpha value is -3.86. The summed E-state index contributed by atoms with van der Waals surface area (Å²) in [6, 6.07) is 6.36. The van der Waals surface area contributed by atoms with Gasteiger partial charge in [-0.3, -0.25) is 9.59 Å². The molecule has 0 aliphatic carbocycles. The van der Waals surface area contributed by atoms with Crippen molar-refractivity contribution >= 4 is 45.9 Å². The molecule has 4 rings (SSSR count). The SMILES string of the molecule is Cc1cc(=O)oc2cc(NC(=O)Cn3ncc(N4CCN(C(=O)OC(C)(C)C)CC4)c(Cl)c3=O)ccc12. The number of hydrogen-bond donors (Lipinski definition) is 1. The van der Waals surface area contributed by atoms with Crippen LogP contribution in [0.4, 0.5) is 16.2 Å². The number of aromatic nitrogens is 2. The fraction of sp³-hybridized carbons (Fsp3) is 0.400. The van der Waals surface area contributed by atoms with Crippen LogP contribution in [0.2, 0.25) is 5.02 Å². The minimum atomic E-state index is -0.607. The van der Waals surface area contributed by atoms with E-state index < -0.39 is 22.7 Å². The number of hydrogen-bond acceptors (Lipinski definition) is 8. The number of benzene rings is 1. The smallest absolute Gasteiger partial charge is 0.410 e. The Morgan fingerprint density at radius 3 is 2.51 bits per heavy atom. The van der Waals surface area contributed by atoms with Crippen molar-refractivity contribution in [2.75, 3.05) is 36.4 Å². The van der Waals surface area contributed by atoms with Crippen LogP contribution >= 0.6 is 11.6 Å². The van der Waals surface area contributed by atoms with E-state index in [2.05, 4.69) is 10.4 Å². The third kappa shape index (κ3) is 6.11. The number of nitrogens with one attached hydrogen (secondary N) is 1. The van der Waals surface area contributed by atoms with E-state index in [1.807, 2.05) is 25.7 Å². The van der Waals surface area contributed by atoms with Crippen LogP contribution in [0, 0.1) is 6.92 Å². The number of nitrogens with zero attached hydrogens (tertiary/aromatic N) is 4. The Kier molecular flexibility index (Phi) is 7.26. The zero-order valence-electron chi connectivity index (χ0n) is 21.0. The standard InChI is InChI=1S/C25H28ClN5O6/c1-15-11-21(33)36-19-12-16(5-6-17(15)19)28-20(32)14-31-23(34)22(26)18(13-27-31)29-7-9-30(10-8-29)24(35)37-25(2,3)4/h5-6,11-13H,7-10,14H2,1-4H3,(H,28,32). The van der Waals surface area contributed by atoms with Gasteiger partial charge in [0.05, 0.1) is 11.9 Å². The summed E-state index contributed by atoms with van der Waals surface area (Å²) in [4.78, 5) is 52.8. The first-order valence-electron chi connectivity index (χ1n) is 11.7. The van der Waals surface area contributed by atoms with Gasteiger partial charge in [-0.1, -0.05) is 11.6 Å². The number of ether oxygens (including phenoxy) is 1. The highest BCUT2D eigenvalue weighted by Gasteiger charge is 2.27. The van der Waals surface area contributed by atoms with E-state index in [0.717, 1.165) is 15.6 Å². The Labute approximate surface area is 217 Å². The van der Waals surface area contributed by atoms with Gasteiger partial charge < -0.3 is 24.3 Å². The van der Waals surface area contributed by atoms with Gasteiger partial charge in [-0.2, -0.15) is 5.10 Å². The zero-order chi connectivity index (χ0) is 26.9. The summed E-state index contributed by atoms with van der Waals surface area (Å²) in [6.45, 7) is 8.57. The average molecular weight is 530 g/mol. The van der Waals surface area contributed by atoms with Gasteiger partial charge in [0.15, 0.2) is 0 Å². The lowest BCUT2D eigenvalue weighted by molar-refractivity contribution is -0.117. The van der Waals surface area contributed by atoms with Crippen molar-refractivity contribution in [2.24, 2.45) is 0 Å². The molecule has 2 amide bonds. The summed E-state index contributed by atoms with van der Waals surface area (Å²) < 4.78 is 11.6. The summed E-state index contributed by atoms with van der Waals surface area (Å²) in [7, 11) is 0. The monoisotopic (exact) mass is 529 g/mol. The van der Waals surface area contributed by atoms with E-state index in [1.165, 1.54) is 12.3 Å². The van der Waals surface area contributed by atoms with Crippen molar-refractivity contribution in [3.8, 4) is 0 Å². The molecule has 1 saturated heterocycles. The maximum Gasteiger partial charge on any atom is 0.410 e. The van der Waals surface area contributed by atoms with Gasteiger partial charge in [0.2, 0.25) is 5.91 Å². The van der Waals surface area contributed by atoms with Gasteiger partial charge >= 0.3 is 11.7 Å². The van der Waals surface area contributed by atoms with Crippen LogP contribution < -0.4 is 21.4 Å². The molecule has 0 radical (unpaired) electrons. The fourth-order valence-corrected chi connectivity index (χ4v) is 4.25. The molecule has 0 bridgehead atoms. The molecule has 0 atom stereocenters. The summed E-state index contributed by atoms with van der Waals surface area (Å²) in [6.07, 6.45) is 1.05. The van der Waals surface area contributed by atoms with Crippen LogP contribution in [0.15, 0.2) is 44.5 Å². The maximum atomic E-state index is 12.8. The molecule has 12 heteroatoms. The Bertz CT molecular complexity index is 1470. The lowest BCUT2D eigenvalue weighted by Gasteiger charge is -2.36. The van der Waals surface area contributed by atoms with Crippen molar-refractivity contribution in [1.29, 1.82) is 0 Å². The molecular weight excluding hydrogens is 502 g/mol. The first-order chi connectivity index (χ1) is 17.4. The predicted molar refractivity (Wildman–Crippen MR) is 139 cm³/mol. The number of amides is 2. The number of rotatable bonds is 4. The third-order valence-electron chi connectivity index (χ3n) is 5.77. The fourth-order valence-electron chi connectivity index (χ4n) is 3.99. The first-order valence-corrected chi connectivity index (χ1v) is 12.1. The second kappa shape index (κ2) is 10.3. The highest BCUT2D eigenvalue weighted by Crippen LogP contribution is 2.23. The van der Waals surface area contributed by atoms with Gasteiger partial charge in [-0.25, -0.2) is 14.3 Å². The van der Waals surface area contributed by atoms with Gasteiger partial charge in [-0.05, 0) is 45.4 Å². The average Bonchev–Trinajstić information content (AvgIpc) is 2.81. The lowest BCUT2D eigenvalue weighted by atomic mass is 10.1. The Balaban J connectivity index is 1.41. The van der Waals surface area contributed by atoms with E-state index in [1.54, 1.807) is 30.0 Å². The van der Waals surface area contributed by atoms with Crippen LogP contribution in [0.5, 0.6) is 0 Å². The number of carbonyl (C=O) groups is 2. The molecule has 0 saturated carbocycles. The van der Waals surface area contributed by atoms with Gasteiger partial charge in [0, 0.05) is 49.4 Å². The number of carbonyl (C=O) groups excluding carboxylic acids is 2. The number of aryl methyl sites for hydroxylation is 1. The molecule has 3 heterocycles. The number of piperazine rings is 1. The topological polar surface area (TPSA) is 127 Å². The molecular formula is C25H28ClN5O6. The van der Waals surface area contributed by atoms with Crippen molar-refractivity contribution in [3.05, 3.63) is 61.8 Å². The van der Waals surface area contributed by atoms with Crippen molar-refractivity contribution in [2.45, 2.75) is 39.8 Å². The van der Waals surface area contributed by atoms with Crippen LogP contribution in [0.3, 0.4) is 0 Å². The highest BCUT2D eigenvalue weighted by atomic mass is 35.5. The highest BCUT2D eigenvalue weighted by molar-refractivity contribution is 6.33. The molecule has 1 fully saturated rings. The molecule has 0 spiro atoms. The molecule has 1 aromatic carbocycles. The van der Waals surface area contributed by atoms with E-state index in [4.69, 9.17) is 20.8 Å². The number of halogens is 1. The maximum absolute atomic E-state index is 12.8. The first kappa shape index (κ1) is 26.2. The molecule has 37 heavy (non-hydrogen) atoms. The summed E-state index contributed by atoms with van der Waals surface area (Å²) in [5.74, 6) is -0.501. The summed E-state index contributed by atoms with van der Waals surface area (Å²) in [5, 5.41) is 7.49. The van der Waals surface area contributed by atoms with Crippen molar-refractivity contribution in [1.82, 2.24) is 14.7 Å². The van der Waals surface area contributed by atoms with Gasteiger partial charge in [0.1, 0.15) is 22.8 Å². The van der Waals surface area contributed by atoms with Gasteiger partial charge in [0.25, 0.3) is 5.56 Å².